The minimum absolute atomic E-state index is 0.212. The second-order valence-corrected chi connectivity index (χ2v) is 39.2. The Morgan fingerprint density at radius 1 is 0.181 bits per heavy atom. The van der Waals surface area contributed by atoms with Crippen molar-refractivity contribution < 1.29 is 132 Å². The molecule has 0 aromatic heterocycles. The van der Waals surface area contributed by atoms with Crippen molar-refractivity contribution in [2.75, 3.05) is 0 Å². The predicted octanol–water partition coefficient (Wildman–Crippen LogP) is 26.3. The third-order valence-electron chi connectivity index (χ3n) is 24.7. The highest BCUT2D eigenvalue weighted by atomic mass is 31.2. The molecule has 0 aliphatic carbocycles. The van der Waals surface area contributed by atoms with E-state index in [1.165, 1.54) is 0 Å². The van der Waals surface area contributed by atoms with Crippen LogP contribution in [-0.2, 0) is 0 Å². The molecule has 34 heteroatoms. The fraction of sp³-hybridized carbons (Fsp3) is 0.115. The van der Waals surface area contributed by atoms with Gasteiger partial charge >= 0.3 is 0 Å². The van der Waals surface area contributed by atoms with Gasteiger partial charge in [-0.3, -0.25) is 0 Å². The molecule has 2 aliphatic rings. The van der Waals surface area contributed by atoms with E-state index in [4.69, 9.17) is 0 Å². The molecule has 0 saturated carbocycles. The van der Waals surface area contributed by atoms with E-state index in [9.17, 15) is 26.3 Å². The summed E-state index contributed by atoms with van der Waals surface area (Å²) < 4.78 is 477. The van der Waals surface area contributed by atoms with Crippen LogP contribution in [-0.4, -0.2) is 12.3 Å². The number of allylic oxidation sites excluding steroid dienone is 4. The van der Waals surface area contributed by atoms with E-state index in [1.807, 2.05) is 72.8 Å². The van der Waals surface area contributed by atoms with Gasteiger partial charge in [0, 0.05) is 34.6 Å². The van der Waals surface area contributed by atoms with Crippen molar-refractivity contribution in [2.45, 2.75) is 80.1 Å². The molecule has 16 rings (SSSR count). The van der Waals surface area contributed by atoms with Crippen LogP contribution in [0.25, 0.3) is 10.9 Å². The van der Waals surface area contributed by atoms with Gasteiger partial charge in [-0.15, -0.1) is 34.0 Å². The van der Waals surface area contributed by atoms with Crippen molar-refractivity contribution in [3.05, 3.63) is 472 Å². The molecule has 712 valence electrons. The predicted molar refractivity (Wildman–Crippen MR) is 479 cm³/mol. The molecule has 14 aromatic carbocycles. The third-order valence-corrected chi connectivity index (χ3v) is 34.5. The SMILES string of the molecule is Cc1ccccc1[P+](/C1=C/[B-](c2c(F)c(F)c(F)c(F)c2F)(c2c(F)c(F)c(F)c(F)c2F)/C(c2c(F)c(F)c(F)c(F)c2F)=C\CCC1)(c1ccccc1C)c1ccccc1C.Cc1ccccc1[P+](/C1=C/[B-](c2c(F)c(F)c(F)c(F)c2F)(c2c(F)c(F)c(F)c(F)c2F)/C(c2c(F)c(F)c(F)c(F)c2F)=C\CCC1)(c1ccccc1C)c1ccccc1C.c1ccccc1.c1ccccc1. The summed E-state index contributed by atoms with van der Waals surface area (Å²) in [5, 5.41) is 1.79. The summed E-state index contributed by atoms with van der Waals surface area (Å²) in [7, 11) is -7.93. The zero-order chi connectivity index (χ0) is 101. The lowest BCUT2D eigenvalue weighted by molar-refractivity contribution is 0.376. The Balaban J connectivity index is 0.000000207. The first-order valence-electron chi connectivity index (χ1n) is 42.0. The monoisotopic (exact) mass is 1970 g/mol. The van der Waals surface area contributed by atoms with E-state index in [0.717, 1.165) is 0 Å². The van der Waals surface area contributed by atoms with Crippen LogP contribution < -0.4 is 53.7 Å². The van der Waals surface area contributed by atoms with E-state index in [0.29, 0.717) is 89.3 Å². The Kier molecular flexibility index (Phi) is 30.6. The molecule has 0 atom stereocenters. The molecule has 0 unspecified atom stereocenters. The van der Waals surface area contributed by atoms with Crippen LogP contribution in [0.2, 0.25) is 0 Å². The van der Waals surface area contributed by atoms with Crippen LogP contribution in [0.1, 0.15) is 83.0 Å². The van der Waals surface area contributed by atoms with Crippen LogP contribution in [0.5, 0.6) is 0 Å². The van der Waals surface area contributed by atoms with Crippen molar-refractivity contribution in [1.82, 2.24) is 0 Å². The van der Waals surface area contributed by atoms with Crippen LogP contribution in [0.4, 0.5) is 132 Å². The molecule has 2 aliphatic heterocycles. The second-order valence-electron chi connectivity index (χ2n) is 32.5. The summed E-state index contributed by atoms with van der Waals surface area (Å²) in [5.74, 6) is -85.0. The summed E-state index contributed by atoms with van der Waals surface area (Å²) in [6, 6.07) is 62.6. The third kappa shape index (κ3) is 17.3. The summed E-state index contributed by atoms with van der Waals surface area (Å²) in [6.07, 6.45) is -12.7. The van der Waals surface area contributed by atoms with Crippen molar-refractivity contribution in [3.8, 4) is 0 Å². The lowest BCUT2D eigenvalue weighted by Crippen LogP contribution is -2.64. The smallest absolute Gasteiger partial charge is 0.200 e. The summed E-state index contributed by atoms with van der Waals surface area (Å²) >= 11 is 0. The fourth-order valence-corrected chi connectivity index (χ4v) is 29.5. The topological polar surface area (TPSA) is 0 Å². The van der Waals surface area contributed by atoms with Gasteiger partial charge in [-0.1, -0.05) is 182 Å². The van der Waals surface area contributed by atoms with E-state index in [2.05, 4.69) is 0 Å². The molecule has 0 fully saturated rings. The Labute approximate surface area is 771 Å². The molecule has 0 N–H and O–H groups in total. The molecule has 138 heavy (non-hydrogen) atoms. The zero-order valence-electron chi connectivity index (χ0n) is 72.7. The Morgan fingerprint density at radius 3 is 0.486 bits per heavy atom. The molecule has 0 nitrogen and oxygen atoms in total. The molecule has 0 radical (unpaired) electrons. The quantitative estimate of drug-likeness (QED) is 0.0335. The average molecular weight is 1970 g/mol. The molecular formula is C104H70B2F30P2. The second kappa shape index (κ2) is 41.3. The first kappa shape index (κ1) is 102. The van der Waals surface area contributed by atoms with Crippen LogP contribution >= 0.6 is 14.5 Å². The highest BCUT2D eigenvalue weighted by Crippen LogP contribution is 2.68. The van der Waals surface area contributed by atoms with Crippen molar-refractivity contribution in [1.29, 1.82) is 0 Å². The van der Waals surface area contributed by atoms with Crippen molar-refractivity contribution in [3.63, 3.8) is 0 Å². The van der Waals surface area contributed by atoms with E-state index in [1.54, 1.807) is 187 Å². The minimum Gasteiger partial charge on any atom is -0.207 e. The number of aryl methyl sites for hydroxylation is 6. The van der Waals surface area contributed by atoms with Gasteiger partial charge in [-0.25, -0.2) is 132 Å². The molecule has 2 heterocycles. The van der Waals surface area contributed by atoms with Gasteiger partial charge in [0.05, 0.1) is 0 Å². The molecule has 0 amide bonds. The number of rotatable bonds is 14. The molecule has 0 saturated heterocycles. The normalized spacial score (nSPS) is 15.3. The number of hydrogen-bond donors (Lipinski definition) is 0. The van der Waals surface area contributed by atoms with Gasteiger partial charge in [0.2, 0.25) is 11.6 Å². The first-order chi connectivity index (χ1) is 65.5. The summed E-state index contributed by atoms with van der Waals surface area (Å²) in [6.45, 7) is 9.81. The fourth-order valence-electron chi connectivity index (χ4n) is 18.8. The first-order valence-corrected chi connectivity index (χ1v) is 45.6. The Hall–Kier alpha value is -13.1. The van der Waals surface area contributed by atoms with Crippen LogP contribution in [0, 0.1) is 216 Å². The number of hydrogen-bond acceptors (Lipinski definition) is 0. The molecule has 14 aromatic rings. The maximum absolute atomic E-state index is 16.9. The summed E-state index contributed by atoms with van der Waals surface area (Å²) in [5.41, 5.74) is -14.7. The van der Waals surface area contributed by atoms with E-state index >= 15 is 105 Å². The largest absolute Gasteiger partial charge is 0.207 e. The van der Waals surface area contributed by atoms with Crippen molar-refractivity contribution >= 4 is 91.4 Å². The van der Waals surface area contributed by atoms with Gasteiger partial charge in [-0.2, -0.15) is 22.9 Å². The highest BCUT2D eigenvalue weighted by Gasteiger charge is 2.58. The molecule has 0 spiro atoms. The summed E-state index contributed by atoms with van der Waals surface area (Å²) in [4.78, 5) is 0. The Morgan fingerprint density at radius 2 is 0.326 bits per heavy atom. The van der Waals surface area contributed by atoms with Gasteiger partial charge in [0.25, 0.3) is 0 Å². The molecular weight excluding hydrogens is 1900 g/mol. The van der Waals surface area contributed by atoms with Crippen LogP contribution in [0.3, 0.4) is 0 Å². The highest BCUT2D eigenvalue weighted by molar-refractivity contribution is 7.99. The average Bonchev–Trinajstić information content (AvgIpc) is 0.690. The molecule has 0 bridgehead atoms. The maximum atomic E-state index is 16.9. The standard InChI is InChI=1S/2C46H29BF15P.2C6H6/c2*1-21-12-4-9-17-26(21)63(27-18-10-5-13-22(27)2,28-19-11-6-14-23(28)3)24-15-7-8-16-25(29-32(48)38(54)44(60)39(55)33(29)49)47(20-24,30-34(50)40(56)45(61)41(57)35(30)51)31-36(52)42(58)46(62)43(59)37(31)53;2*1-2-4-6-5-3-1/h2*4-6,9-14,16-20H,7-8,15H2,1-3H3;2*1-6H/b2*24-20+,25-16-;;. The van der Waals surface area contributed by atoms with Gasteiger partial charge in [0.1, 0.15) is 105 Å². The lowest BCUT2D eigenvalue weighted by atomic mass is 9.14. The van der Waals surface area contributed by atoms with E-state index in [-0.39, 0.29) is 36.3 Å². The van der Waals surface area contributed by atoms with Crippen molar-refractivity contribution in [2.24, 2.45) is 0 Å². The minimum atomic E-state index is -5.55. The maximum Gasteiger partial charge on any atom is 0.200 e. The van der Waals surface area contributed by atoms with Gasteiger partial charge < -0.3 is 0 Å². The lowest BCUT2D eigenvalue weighted by Gasteiger charge is -2.46. The Bertz CT molecular complexity index is 6250. The van der Waals surface area contributed by atoms with E-state index < -0.39 is 258 Å². The number of halogens is 30. The van der Waals surface area contributed by atoms with Gasteiger partial charge in [-0.05, 0) is 137 Å². The number of benzene rings is 14. The van der Waals surface area contributed by atoms with Crippen LogP contribution in [0.15, 0.2) is 253 Å². The zero-order valence-corrected chi connectivity index (χ0v) is 74.5. The van der Waals surface area contributed by atoms with Gasteiger partial charge in [0.15, 0.2) is 116 Å².